The lowest BCUT2D eigenvalue weighted by Gasteiger charge is -2.35. The summed E-state index contributed by atoms with van der Waals surface area (Å²) in [7, 11) is 0. The van der Waals surface area contributed by atoms with Gasteiger partial charge in [-0.05, 0) is 100 Å². The van der Waals surface area contributed by atoms with Crippen LogP contribution in [0.1, 0.15) is 40.7 Å². The maximum atomic E-state index is 3.59. The number of allylic oxidation sites excluding steroid dienone is 4. The van der Waals surface area contributed by atoms with E-state index < -0.39 is 0 Å². The van der Waals surface area contributed by atoms with E-state index in [1.807, 2.05) is 0 Å². The standard InChI is InChI=1S/C38H31N/c1-27-12-9-18-32(24-27)39-33-19-11-14-29(26-33)28-13-10-17-31(25-28)38(30-15-3-2-4-16-30)36-22-7-5-20-34(36)35-21-6-8-23-37(35)38/h2-5,7-20,22-26,39H,6,21H2,1H3. The Morgan fingerprint density at radius 2 is 1.31 bits per heavy atom. The van der Waals surface area contributed by atoms with Crippen molar-refractivity contribution < 1.29 is 0 Å². The monoisotopic (exact) mass is 501 g/mol. The Morgan fingerprint density at radius 3 is 2.15 bits per heavy atom. The first-order valence-electron chi connectivity index (χ1n) is 13.8. The van der Waals surface area contributed by atoms with Crippen LogP contribution < -0.4 is 5.32 Å². The van der Waals surface area contributed by atoms with Crippen molar-refractivity contribution in [2.24, 2.45) is 0 Å². The van der Waals surface area contributed by atoms with Gasteiger partial charge in [0, 0.05) is 11.4 Å². The Morgan fingerprint density at radius 1 is 0.615 bits per heavy atom. The largest absolute Gasteiger partial charge is 0.356 e. The van der Waals surface area contributed by atoms with E-state index in [9.17, 15) is 0 Å². The molecule has 1 heteroatoms. The fraction of sp³-hybridized carbons (Fsp3) is 0.105. The zero-order valence-corrected chi connectivity index (χ0v) is 22.2. The van der Waals surface area contributed by atoms with Crippen molar-refractivity contribution in [1.82, 2.24) is 0 Å². The van der Waals surface area contributed by atoms with Crippen LogP contribution in [-0.4, -0.2) is 0 Å². The Hall–Kier alpha value is -4.62. The van der Waals surface area contributed by atoms with Gasteiger partial charge in [0.25, 0.3) is 0 Å². The average molecular weight is 502 g/mol. The quantitative estimate of drug-likeness (QED) is 0.253. The molecule has 7 rings (SSSR count). The van der Waals surface area contributed by atoms with Gasteiger partial charge in [-0.3, -0.25) is 0 Å². The van der Waals surface area contributed by atoms with Gasteiger partial charge in [0.2, 0.25) is 0 Å². The van der Waals surface area contributed by atoms with E-state index in [4.69, 9.17) is 0 Å². The summed E-state index contributed by atoms with van der Waals surface area (Å²) in [5, 5.41) is 3.59. The molecule has 0 amide bonds. The molecule has 0 aliphatic heterocycles. The van der Waals surface area contributed by atoms with Crippen molar-refractivity contribution in [1.29, 1.82) is 0 Å². The van der Waals surface area contributed by atoms with Crippen molar-refractivity contribution >= 4 is 16.9 Å². The van der Waals surface area contributed by atoms with E-state index >= 15 is 0 Å². The minimum Gasteiger partial charge on any atom is -0.356 e. The summed E-state index contributed by atoms with van der Waals surface area (Å²) in [6.45, 7) is 2.12. The molecule has 1 atom stereocenters. The van der Waals surface area contributed by atoms with E-state index in [2.05, 4.69) is 152 Å². The first-order valence-corrected chi connectivity index (χ1v) is 13.8. The van der Waals surface area contributed by atoms with Gasteiger partial charge >= 0.3 is 0 Å². The van der Waals surface area contributed by atoms with Crippen LogP contribution >= 0.6 is 0 Å². The summed E-state index contributed by atoms with van der Waals surface area (Å²) in [4.78, 5) is 0. The van der Waals surface area contributed by atoms with Gasteiger partial charge in [0.1, 0.15) is 0 Å². The molecule has 0 heterocycles. The minimum atomic E-state index is -0.336. The summed E-state index contributed by atoms with van der Waals surface area (Å²) in [6, 6.07) is 46.6. The Bertz CT molecular complexity index is 1740. The van der Waals surface area contributed by atoms with Gasteiger partial charge in [-0.15, -0.1) is 0 Å². The number of hydrogen-bond donors (Lipinski definition) is 1. The third-order valence-corrected chi connectivity index (χ3v) is 8.24. The maximum absolute atomic E-state index is 3.59. The number of anilines is 2. The molecule has 0 spiro atoms. The molecule has 39 heavy (non-hydrogen) atoms. The third kappa shape index (κ3) is 3.94. The van der Waals surface area contributed by atoms with E-state index in [1.54, 1.807) is 0 Å². The van der Waals surface area contributed by atoms with Crippen molar-refractivity contribution in [2.75, 3.05) is 5.32 Å². The van der Waals surface area contributed by atoms with Crippen LogP contribution in [0.4, 0.5) is 11.4 Å². The van der Waals surface area contributed by atoms with Gasteiger partial charge in [-0.1, -0.05) is 109 Å². The summed E-state index contributed by atoms with van der Waals surface area (Å²) in [5.74, 6) is 0. The van der Waals surface area contributed by atoms with Crippen molar-refractivity contribution in [2.45, 2.75) is 25.2 Å². The zero-order chi connectivity index (χ0) is 26.2. The second-order valence-electron chi connectivity index (χ2n) is 10.7. The number of aryl methyl sites for hydroxylation is 1. The molecule has 1 unspecified atom stereocenters. The number of nitrogens with one attached hydrogen (secondary N) is 1. The van der Waals surface area contributed by atoms with E-state index in [-0.39, 0.29) is 5.41 Å². The summed E-state index contributed by atoms with van der Waals surface area (Å²) in [6.07, 6.45) is 6.93. The fourth-order valence-corrected chi connectivity index (χ4v) is 6.59. The molecule has 0 radical (unpaired) electrons. The normalized spacial score (nSPS) is 17.6. The van der Waals surface area contributed by atoms with Crippen LogP contribution in [0.15, 0.2) is 145 Å². The van der Waals surface area contributed by atoms with Gasteiger partial charge < -0.3 is 5.32 Å². The number of fused-ring (bicyclic) bond motifs is 2. The predicted molar refractivity (Wildman–Crippen MR) is 164 cm³/mol. The highest BCUT2D eigenvalue weighted by Crippen LogP contribution is 2.57. The second kappa shape index (κ2) is 9.60. The molecule has 0 saturated heterocycles. The van der Waals surface area contributed by atoms with Crippen LogP contribution in [0.5, 0.6) is 0 Å². The molecule has 0 bridgehead atoms. The first-order chi connectivity index (χ1) is 19.2. The van der Waals surface area contributed by atoms with Crippen molar-refractivity contribution in [3.8, 4) is 11.1 Å². The highest BCUT2D eigenvalue weighted by molar-refractivity contribution is 5.88. The van der Waals surface area contributed by atoms with Crippen molar-refractivity contribution in [3.63, 3.8) is 0 Å². The molecule has 0 aromatic heterocycles. The fourth-order valence-electron chi connectivity index (χ4n) is 6.59. The van der Waals surface area contributed by atoms with Crippen LogP contribution in [0, 0.1) is 6.92 Å². The van der Waals surface area contributed by atoms with E-state index in [0.717, 1.165) is 24.2 Å². The molecular formula is C38H31N. The van der Waals surface area contributed by atoms with Crippen LogP contribution in [0.3, 0.4) is 0 Å². The lowest BCUT2D eigenvalue weighted by Crippen LogP contribution is -2.29. The van der Waals surface area contributed by atoms with Crippen molar-refractivity contribution in [3.05, 3.63) is 173 Å². The SMILES string of the molecule is Cc1cccc(Nc2cccc(-c3cccc(C4(c5ccccc5)C5=C(CCC=C5)c5ccccc54)c3)c2)c1. The smallest absolute Gasteiger partial charge is 0.0710 e. The lowest BCUT2D eigenvalue weighted by molar-refractivity contribution is 0.757. The average Bonchev–Trinajstić information content (AvgIpc) is 3.29. The first kappa shape index (κ1) is 23.5. The Kier molecular flexibility index (Phi) is 5.78. The molecule has 5 aromatic rings. The van der Waals surface area contributed by atoms with Gasteiger partial charge in [-0.2, -0.15) is 0 Å². The molecule has 188 valence electrons. The molecule has 1 N–H and O–H groups in total. The molecule has 0 fully saturated rings. The third-order valence-electron chi connectivity index (χ3n) is 8.24. The summed E-state index contributed by atoms with van der Waals surface area (Å²) >= 11 is 0. The zero-order valence-electron chi connectivity index (χ0n) is 22.2. The molecule has 0 saturated carbocycles. The number of hydrogen-bond acceptors (Lipinski definition) is 1. The molecule has 2 aliphatic carbocycles. The van der Waals surface area contributed by atoms with Gasteiger partial charge in [-0.25, -0.2) is 0 Å². The molecule has 2 aliphatic rings. The van der Waals surface area contributed by atoms with Crippen LogP contribution in [0.25, 0.3) is 16.7 Å². The maximum Gasteiger partial charge on any atom is 0.0710 e. The Labute approximate surface area is 231 Å². The highest BCUT2D eigenvalue weighted by Gasteiger charge is 2.47. The molecular weight excluding hydrogens is 470 g/mol. The summed E-state index contributed by atoms with van der Waals surface area (Å²) < 4.78 is 0. The second-order valence-corrected chi connectivity index (χ2v) is 10.7. The highest BCUT2D eigenvalue weighted by atomic mass is 14.9. The minimum absolute atomic E-state index is 0.336. The Balaban J connectivity index is 1.39. The number of benzene rings is 5. The molecule has 1 nitrogen and oxygen atoms in total. The van der Waals surface area contributed by atoms with E-state index in [0.29, 0.717) is 0 Å². The van der Waals surface area contributed by atoms with E-state index in [1.165, 1.54) is 50.1 Å². The lowest BCUT2D eigenvalue weighted by atomic mass is 9.66. The van der Waals surface area contributed by atoms with Gasteiger partial charge in [0.05, 0.1) is 5.41 Å². The van der Waals surface area contributed by atoms with Gasteiger partial charge in [0.15, 0.2) is 0 Å². The van der Waals surface area contributed by atoms with Crippen LogP contribution in [-0.2, 0) is 5.41 Å². The predicted octanol–water partition coefficient (Wildman–Crippen LogP) is 9.86. The topological polar surface area (TPSA) is 12.0 Å². The summed E-state index contributed by atoms with van der Waals surface area (Å²) in [5.41, 5.74) is 13.9. The molecule has 5 aromatic carbocycles. The number of rotatable bonds is 5. The van der Waals surface area contributed by atoms with Crippen LogP contribution in [0.2, 0.25) is 0 Å².